The molecule has 0 fully saturated rings. The van der Waals surface area contributed by atoms with Crippen LogP contribution in [0.3, 0.4) is 0 Å². The van der Waals surface area contributed by atoms with Crippen LogP contribution < -0.4 is 4.74 Å². The first-order valence-electron chi connectivity index (χ1n) is 7.19. The third-order valence-corrected chi connectivity index (χ3v) is 5.78. The first-order chi connectivity index (χ1) is 10.2. The first kappa shape index (κ1) is 15.0. The monoisotopic (exact) mass is 412 g/mol. The molecule has 2 aromatic rings. The maximum absolute atomic E-state index is 12.8. The topological polar surface area (TPSA) is 26.3 Å². The largest absolute Gasteiger partial charge is 0.496 e. The molecular formula is C17H17IO2S. The van der Waals surface area contributed by atoms with Crippen molar-refractivity contribution in [3.63, 3.8) is 0 Å². The van der Waals surface area contributed by atoms with Crippen molar-refractivity contribution in [3.05, 3.63) is 48.7 Å². The maximum atomic E-state index is 12.8. The van der Waals surface area contributed by atoms with Crippen LogP contribution in [0, 0.1) is 3.57 Å². The second-order valence-corrected chi connectivity index (χ2v) is 7.68. The average molecular weight is 412 g/mol. The summed E-state index contributed by atoms with van der Waals surface area (Å²) in [4.78, 5) is 15.1. The summed E-state index contributed by atoms with van der Waals surface area (Å²) in [5.41, 5.74) is 2.05. The molecule has 0 bridgehead atoms. The van der Waals surface area contributed by atoms with E-state index in [4.69, 9.17) is 4.74 Å². The number of carbonyl (C=O) groups is 1. The van der Waals surface area contributed by atoms with Crippen molar-refractivity contribution in [3.8, 4) is 5.75 Å². The van der Waals surface area contributed by atoms with Gasteiger partial charge in [0.2, 0.25) is 5.78 Å². The van der Waals surface area contributed by atoms with Crippen LogP contribution in [0.5, 0.6) is 5.75 Å². The number of rotatable bonds is 3. The fourth-order valence-electron chi connectivity index (χ4n) is 2.77. The zero-order valence-corrected chi connectivity index (χ0v) is 14.9. The number of ketones is 1. The highest BCUT2D eigenvalue weighted by molar-refractivity contribution is 14.1. The molecular weight excluding hydrogens is 395 g/mol. The minimum absolute atomic E-state index is 0.0865. The standard InChI is InChI=1S/C17H17IO2S/c1-20-14-8-7-12(18)10-13(14)17(19)16-9-11-5-3-2-4-6-15(11)21-16/h7-10H,2-6H2,1H3. The molecule has 2 nitrogen and oxygen atoms in total. The summed E-state index contributed by atoms with van der Waals surface area (Å²) in [6, 6.07) is 7.84. The minimum atomic E-state index is 0.0865. The van der Waals surface area contributed by atoms with Crippen LogP contribution in [0.15, 0.2) is 24.3 Å². The molecule has 1 aromatic carbocycles. The lowest BCUT2D eigenvalue weighted by Gasteiger charge is -2.07. The molecule has 21 heavy (non-hydrogen) atoms. The molecule has 0 spiro atoms. The zero-order chi connectivity index (χ0) is 14.8. The molecule has 0 saturated heterocycles. The van der Waals surface area contributed by atoms with E-state index in [1.54, 1.807) is 18.4 Å². The Morgan fingerprint density at radius 2 is 2.00 bits per heavy atom. The van der Waals surface area contributed by atoms with Crippen LogP contribution >= 0.6 is 33.9 Å². The number of benzene rings is 1. The Bertz CT molecular complexity index is 652. The van der Waals surface area contributed by atoms with Crippen LogP contribution in [-0.4, -0.2) is 12.9 Å². The van der Waals surface area contributed by atoms with Crippen LogP contribution in [-0.2, 0) is 12.8 Å². The second-order valence-electron chi connectivity index (χ2n) is 5.29. The molecule has 0 saturated carbocycles. The Morgan fingerprint density at radius 3 is 2.81 bits per heavy atom. The predicted octanol–water partition coefficient (Wildman–Crippen LogP) is 4.86. The number of aryl methyl sites for hydroxylation is 2. The summed E-state index contributed by atoms with van der Waals surface area (Å²) in [7, 11) is 1.61. The van der Waals surface area contributed by atoms with Gasteiger partial charge in [-0.3, -0.25) is 4.79 Å². The summed E-state index contributed by atoms with van der Waals surface area (Å²) in [5.74, 6) is 0.743. The van der Waals surface area contributed by atoms with Crippen molar-refractivity contribution in [2.45, 2.75) is 32.1 Å². The molecule has 1 aliphatic carbocycles. The van der Waals surface area contributed by atoms with Gasteiger partial charge < -0.3 is 4.74 Å². The number of carbonyl (C=O) groups excluding carboxylic acids is 1. The number of hydrogen-bond acceptors (Lipinski definition) is 3. The SMILES string of the molecule is COc1ccc(I)cc1C(=O)c1cc2c(s1)CCCCC2. The van der Waals surface area contributed by atoms with Crippen LogP contribution in [0.4, 0.5) is 0 Å². The Hall–Kier alpha value is -0.880. The molecule has 0 aliphatic heterocycles. The van der Waals surface area contributed by atoms with Crippen LogP contribution in [0.25, 0.3) is 0 Å². The second kappa shape index (κ2) is 6.48. The molecule has 0 amide bonds. The number of thiophene rings is 1. The lowest BCUT2D eigenvalue weighted by molar-refractivity contribution is 0.103. The molecule has 4 heteroatoms. The normalized spacial score (nSPS) is 14.4. The van der Waals surface area contributed by atoms with Crippen molar-refractivity contribution in [1.29, 1.82) is 0 Å². The summed E-state index contributed by atoms with van der Waals surface area (Å²) in [6.07, 6.45) is 6.02. The van der Waals surface area contributed by atoms with Gasteiger partial charge in [0.25, 0.3) is 0 Å². The highest BCUT2D eigenvalue weighted by Crippen LogP contribution is 2.32. The average Bonchev–Trinajstić information content (AvgIpc) is 2.77. The van der Waals surface area contributed by atoms with E-state index in [1.165, 1.54) is 29.7 Å². The van der Waals surface area contributed by atoms with Gasteiger partial charge in [0.05, 0.1) is 17.6 Å². The van der Waals surface area contributed by atoms with E-state index in [2.05, 4.69) is 28.7 Å². The summed E-state index contributed by atoms with van der Waals surface area (Å²) >= 11 is 3.90. The number of halogens is 1. The van der Waals surface area contributed by atoms with Gasteiger partial charge in [0, 0.05) is 8.45 Å². The van der Waals surface area contributed by atoms with Crippen LogP contribution in [0.1, 0.15) is 44.9 Å². The van der Waals surface area contributed by atoms with E-state index >= 15 is 0 Å². The van der Waals surface area contributed by atoms with Gasteiger partial charge in [-0.15, -0.1) is 11.3 Å². The van der Waals surface area contributed by atoms with E-state index in [-0.39, 0.29) is 5.78 Å². The van der Waals surface area contributed by atoms with Gasteiger partial charge in [0.15, 0.2) is 0 Å². The van der Waals surface area contributed by atoms with Crippen molar-refractivity contribution >= 4 is 39.7 Å². The van der Waals surface area contributed by atoms with E-state index in [1.807, 2.05) is 18.2 Å². The van der Waals surface area contributed by atoms with Gasteiger partial charge in [-0.25, -0.2) is 0 Å². The zero-order valence-electron chi connectivity index (χ0n) is 11.9. The fraction of sp³-hybridized carbons (Fsp3) is 0.353. The number of ether oxygens (including phenoxy) is 1. The van der Waals surface area contributed by atoms with Gasteiger partial charge in [-0.05, 0) is 78.1 Å². The molecule has 1 aromatic heterocycles. The molecule has 0 unspecified atom stereocenters. The van der Waals surface area contributed by atoms with E-state index in [0.29, 0.717) is 11.3 Å². The van der Waals surface area contributed by atoms with E-state index in [9.17, 15) is 4.79 Å². The summed E-state index contributed by atoms with van der Waals surface area (Å²) in [5, 5.41) is 0. The van der Waals surface area contributed by atoms with Gasteiger partial charge in [0.1, 0.15) is 5.75 Å². The van der Waals surface area contributed by atoms with Gasteiger partial charge in [-0.1, -0.05) is 6.42 Å². The van der Waals surface area contributed by atoms with Crippen molar-refractivity contribution < 1.29 is 9.53 Å². The van der Waals surface area contributed by atoms with Crippen LogP contribution in [0.2, 0.25) is 0 Å². The molecule has 1 heterocycles. The smallest absolute Gasteiger partial charge is 0.206 e. The Kier molecular flexibility index (Phi) is 4.64. The Balaban J connectivity index is 1.97. The van der Waals surface area contributed by atoms with Crippen molar-refractivity contribution in [2.75, 3.05) is 7.11 Å². The Labute approximate surface area is 142 Å². The fourth-order valence-corrected chi connectivity index (χ4v) is 4.47. The highest BCUT2D eigenvalue weighted by atomic mass is 127. The number of hydrogen-bond donors (Lipinski definition) is 0. The lowest BCUT2D eigenvalue weighted by atomic mass is 10.1. The molecule has 110 valence electrons. The molecule has 1 aliphatic rings. The quantitative estimate of drug-likeness (QED) is 0.409. The lowest BCUT2D eigenvalue weighted by Crippen LogP contribution is -2.02. The van der Waals surface area contributed by atoms with E-state index < -0.39 is 0 Å². The minimum Gasteiger partial charge on any atom is -0.496 e. The van der Waals surface area contributed by atoms with Crippen molar-refractivity contribution in [2.24, 2.45) is 0 Å². The molecule has 0 radical (unpaired) electrons. The van der Waals surface area contributed by atoms with E-state index in [0.717, 1.165) is 21.3 Å². The molecule has 0 N–H and O–H groups in total. The first-order valence-corrected chi connectivity index (χ1v) is 9.08. The maximum Gasteiger partial charge on any atom is 0.206 e. The third kappa shape index (κ3) is 3.16. The molecule has 0 atom stereocenters. The third-order valence-electron chi connectivity index (χ3n) is 3.88. The molecule has 3 rings (SSSR count). The summed E-state index contributed by atoms with van der Waals surface area (Å²) < 4.78 is 6.40. The number of fused-ring (bicyclic) bond motifs is 1. The number of methoxy groups -OCH3 is 1. The Morgan fingerprint density at radius 1 is 1.19 bits per heavy atom. The highest BCUT2D eigenvalue weighted by Gasteiger charge is 2.20. The summed E-state index contributed by atoms with van der Waals surface area (Å²) in [6.45, 7) is 0. The van der Waals surface area contributed by atoms with Gasteiger partial charge >= 0.3 is 0 Å². The van der Waals surface area contributed by atoms with Gasteiger partial charge in [-0.2, -0.15) is 0 Å². The predicted molar refractivity (Wildman–Crippen MR) is 94.7 cm³/mol. The van der Waals surface area contributed by atoms with Crippen molar-refractivity contribution in [1.82, 2.24) is 0 Å².